The van der Waals surface area contributed by atoms with Crippen LogP contribution in [0.25, 0.3) is 0 Å². The number of nitrogens with one attached hydrogen (secondary N) is 1. The first kappa shape index (κ1) is 12.4. The topological polar surface area (TPSA) is 51.0 Å². The predicted molar refractivity (Wildman–Crippen MR) is 69.6 cm³/mol. The number of thiophene rings is 1. The van der Waals surface area contributed by atoms with E-state index in [0.717, 1.165) is 6.42 Å². The third-order valence-electron chi connectivity index (χ3n) is 2.40. The molecule has 4 nitrogen and oxygen atoms in total. The molecule has 2 heterocycles. The van der Waals surface area contributed by atoms with Gasteiger partial charge in [-0.1, -0.05) is 12.0 Å². The molecule has 0 spiro atoms. The maximum Gasteiger partial charge on any atom is 0.315 e. The number of hydrogen-bond donors (Lipinski definition) is 1. The molecule has 6 heteroatoms. The minimum absolute atomic E-state index is 0.258. The van der Waals surface area contributed by atoms with Crippen LogP contribution in [0.1, 0.15) is 35.6 Å². The molecule has 0 saturated heterocycles. The van der Waals surface area contributed by atoms with Crippen LogP contribution >= 0.6 is 22.9 Å². The molecule has 0 aromatic carbocycles. The van der Waals surface area contributed by atoms with Gasteiger partial charge in [-0.25, -0.2) is 0 Å². The Kier molecular flexibility index (Phi) is 4.02. The van der Waals surface area contributed by atoms with Gasteiger partial charge in [0, 0.05) is 4.88 Å². The number of aromatic nitrogens is 2. The van der Waals surface area contributed by atoms with Crippen LogP contribution in [-0.2, 0) is 13.0 Å². The average Bonchev–Trinajstić information content (AvgIpc) is 2.95. The van der Waals surface area contributed by atoms with Crippen molar-refractivity contribution < 1.29 is 4.42 Å². The molecule has 0 saturated carbocycles. The summed E-state index contributed by atoms with van der Waals surface area (Å²) >= 11 is 7.57. The molecule has 1 N–H and O–H groups in total. The SMILES string of the molecule is CCc1ccsc1CNc1nnc(C(C)Cl)o1. The van der Waals surface area contributed by atoms with Crippen molar-refractivity contribution >= 4 is 29.0 Å². The lowest BCUT2D eigenvalue weighted by molar-refractivity contribution is 0.506. The first-order valence-corrected chi connectivity index (χ1v) is 6.79. The Morgan fingerprint density at radius 3 is 3.00 bits per heavy atom. The van der Waals surface area contributed by atoms with E-state index >= 15 is 0 Å². The Balaban J connectivity index is 1.97. The molecular weight excluding hydrogens is 258 g/mol. The zero-order chi connectivity index (χ0) is 12.3. The van der Waals surface area contributed by atoms with Crippen molar-refractivity contribution in [2.45, 2.75) is 32.2 Å². The minimum atomic E-state index is -0.258. The van der Waals surface area contributed by atoms with Gasteiger partial charge in [0.1, 0.15) is 5.38 Å². The average molecular weight is 272 g/mol. The summed E-state index contributed by atoms with van der Waals surface area (Å²) < 4.78 is 5.36. The molecule has 2 aromatic rings. The van der Waals surface area contributed by atoms with E-state index in [2.05, 4.69) is 33.9 Å². The van der Waals surface area contributed by atoms with Gasteiger partial charge >= 0.3 is 6.01 Å². The summed E-state index contributed by atoms with van der Waals surface area (Å²) in [7, 11) is 0. The van der Waals surface area contributed by atoms with Crippen LogP contribution in [0, 0.1) is 0 Å². The molecule has 1 unspecified atom stereocenters. The number of nitrogens with zero attached hydrogens (tertiary/aromatic N) is 2. The summed E-state index contributed by atoms with van der Waals surface area (Å²) in [5.74, 6) is 0.441. The van der Waals surface area contributed by atoms with Crippen molar-refractivity contribution in [3.63, 3.8) is 0 Å². The number of rotatable bonds is 5. The lowest BCUT2D eigenvalue weighted by Crippen LogP contribution is -1.99. The third-order valence-corrected chi connectivity index (χ3v) is 3.55. The van der Waals surface area contributed by atoms with Gasteiger partial charge in [0.2, 0.25) is 5.89 Å². The highest BCUT2D eigenvalue weighted by molar-refractivity contribution is 7.10. The standard InChI is InChI=1S/C11H14ClN3OS/c1-3-8-4-5-17-9(8)6-13-11-15-14-10(16-11)7(2)12/h4-5,7H,3,6H2,1-2H3,(H,13,15). The number of hydrogen-bond acceptors (Lipinski definition) is 5. The van der Waals surface area contributed by atoms with Gasteiger partial charge in [0.15, 0.2) is 0 Å². The van der Waals surface area contributed by atoms with Crippen molar-refractivity contribution in [1.82, 2.24) is 10.2 Å². The van der Waals surface area contributed by atoms with Gasteiger partial charge < -0.3 is 9.73 Å². The van der Waals surface area contributed by atoms with E-state index in [1.807, 2.05) is 0 Å². The van der Waals surface area contributed by atoms with E-state index in [4.69, 9.17) is 16.0 Å². The number of alkyl halides is 1. The fourth-order valence-corrected chi connectivity index (χ4v) is 2.46. The van der Waals surface area contributed by atoms with Crippen LogP contribution in [0.4, 0.5) is 6.01 Å². The molecule has 1 atom stereocenters. The molecule has 0 fully saturated rings. The molecule has 92 valence electrons. The Morgan fingerprint density at radius 2 is 2.35 bits per heavy atom. The highest BCUT2D eigenvalue weighted by Crippen LogP contribution is 2.21. The quantitative estimate of drug-likeness (QED) is 0.844. The Bertz CT molecular complexity index is 481. The van der Waals surface area contributed by atoms with Crippen molar-refractivity contribution in [3.8, 4) is 0 Å². The van der Waals surface area contributed by atoms with E-state index < -0.39 is 0 Å². The van der Waals surface area contributed by atoms with Gasteiger partial charge in [-0.3, -0.25) is 0 Å². The van der Waals surface area contributed by atoms with Gasteiger partial charge in [-0.2, -0.15) is 0 Å². The molecule has 0 bridgehead atoms. The van der Waals surface area contributed by atoms with E-state index in [1.54, 1.807) is 18.3 Å². The van der Waals surface area contributed by atoms with Crippen LogP contribution < -0.4 is 5.32 Å². The van der Waals surface area contributed by atoms with Crippen molar-refractivity contribution in [2.75, 3.05) is 5.32 Å². The molecule has 17 heavy (non-hydrogen) atoms. The predicted octanol–water partition coefficient (Wildman–Crippen LogP) is 3.61. The maximum atomic E-state index is 5.84. The fourth-order valence-electron chi connectivity index (χ4n) is 1.46. The van der Waals surface area contributed by atoms with E-state index in [0.29, 0.717) is 18.5 Å². The van der Waals surface area contributed by atoms with Crippen LogP contribution in [-0.4, -0.2) is 10.2 Å². The molecule has 0 amide bonds. The maximum absolute atomic E-state index is 5.84. The zero-order valence-electron chi connectivity index (χ0n) is 9.74. The molecule has 0 radical (unpaired) electrons. The highest BCUT2D eigenvalue weighted by Gasteiger charge is 2.11. The van der Waals surface area contributed by atoms with Crippen molar-refractivity contribution in [3.05, 3.63) is 27.8 Å². The largest absolute Gasteiger partial charge is 0.406 e. The molecule has 0 aliphatic rings. The third kappa shape index (κ3) is 2.98. The van der Waals surface area contributed by atoms with Crippen molar-refractivity contribution in [2.24, 2.45) is 0 Å². The first-order chi connectivity index (χ1) is 8.20. The second-order valence-electron chi connectivity index (χ2n) is 3.64. The summed E-state index contributed by atoms with van der Waals surface area (Å²) in [5.41, 5.74) is 1.35. The summed E-state index contributed by atoms with van der Waals surface area (Å²) in [5, 5.41) is 12.7. The number of aryl methyl sites for hydroxylation is 1. The molecule has 2 aromatic heterocycles. The molecular formula is C11H14ClN3OS. The van der Waals surface area contributed by atoms with Gasteiger partial charge in [0.25, 0.3) is 0 Å². The van der Waals surface area contributed by atoms with E-state index in [1.165, 1.54) is 10.4 Å². The minimum Gasteiger partial charge on any atom is -0.406 e. The molecule has 0 aliphatic carbocycles. The summed E-state index contributed by atoms with van der Waals surface area (Å²) in [6.45, 7) is 4.65. The van der Waals surface area contributed by atoms with Crippen LogP contribution in [0.15, 0.2) is 15.9 Å². The lowest BCUT2D eigenvalue weighted by atomic mass is 10.2. The van der Waals surface area contributed by atoms with E-state index in [9.17, 15) is 0 Å². The second-order valence-corrected chi connectivity index (χ2v) is 5.29. The second kappa shape index (κ2) is 5.51. The van der Waals surface area contributed by atoms with Crippen molar-refractivity contribution in [1.29, 1.82) is 0 Å². The number of anilines is 1. The molecule has 0 aliphatic heterocycles. The van der Waals surface area contributed by atoms with Gasteiger partial charge in [0.05, 0.1) is 6.54 Å². The van der Waals surface area contributed by atoms with Gasteiger partial charge in [-0.05, 0) is 30.4 Å². The number of halogens is 1. The Labute approximate surface area is 109 Å². The van der Waals surface area contributed by atoms with E-state index in [-0.39, 0.29) is 5.38 Å². The van der Waals surface area contributed by atoms with Crippen LogP contribution in [0.2, 0.25) is 0 Å². The summed E-state index contributed by atoms with van der Waals surface area (Å²) in [4.78, 5) is 1.30. The van der Waals surface area contributed by atoms with Gasteiger partial charge in [-0.15, -0.1) is 28.0 Å². The lowest BCUT2D eigenvalue weighted by Gasteiger charge is -2.01. The summed E-state index contributed by atoms with van der Waals surface area (Å²) in [6.07, 6.45) is 1.04. The Morgan fingerprint density at radius 1 is 1.53 bits per heavy atom. The smallest absolute Gasteiger partial charge is 0.315 e. The fraction of sp³-hybridized carbons (Fsp3) is 0.455. The van der Waals surface area contributed by atoms with Crippen LogP contribution in [0.5, 0.6) is 0 Å². The van der Waals surface area contributed by atoms with Crippen LogP contribution in [0.3, 0.4) is 0 Å². The monoisotopic (exact) mass is 271 g/mol. The summed E-state index contributed by atoms with van der Waals surface area (Å²) in [6, 6.07) is 2.56. The zero-order valence-corrected chi connectivity index (χ0v) is 11.3. The highest BCUT2D eigenvalue weighted by atomic mass is 35.5. The molecule has 2 rings (SSSR count). The first-order valence-electron chi connectivity index (χ1n) is 5.47. The normalized spacial score (nSPS) is 12.6. The Hall–Kier alpha value is -1.07.